The summed E-state index contributed by atoms with van der Waals surface area (Å²) in [5, 5.41) is 0. The first kappa shape index (κ1) is 17.3. The smallest absolute Gasteiger partial charge is 0.225 e. The average Bonchev–Trinajstić information content (AvgIpc) is 2.61. The standard InChI is InChI=1S/C21H32N2O/c1-21(2,3)18-11-7-8-12-19(18)22-13-15-23(16-14-22)20(24)17-9-5-4-6-10-17/h7-8,11-12,17H,4-6,9-10,13-16H2,1-3H3. The predicted molar refractivity (Wildman–Crippen MR) is 101 cm³/mol. The summed E-state index contributed by atoms with van der Waals surface area (Å²) in [7, 11) is 0. The Balaban J connectivity index is 1.64. The molecule has 1 saturated heterocycles. The zero-order valence-electron chi connectivity index (χ0n) is 15.6. The van der Waals surface area contributed by atoms with Crippen molar-refractivity contribution in [3.05, 3.63) is 29.8 Å². The summed E-state index contributed by atoms with van der Waals surface area (Å²) in [6, 6.07) is 8.74. The molecule has 0 atom stereocenters. The lowest BCUT2D eigenvalue weighted by molar-refractivity contribution is -0.136. The van der Waals surface area contributed by atoms with Gasteiger partial charge in [-0.3, -0.25) is 4.79 Å². The molecule has 2 aliphatic rings. The molecule has 1 aromatic rings. The SMILES string of the molecule is CC(C)(C)c1ccccc1N1CCN(C(=O)C2CCCCC2)CC1. The second kappa shape index (κ2) is 7.16. The molecule has 0 unspecified atom stereocenters. The highest BCUT2D eigenvalue weighted by Gasteiger charge is 2.29. The van der Waals surface area contributed by atoms with Gasteiger partial charge >= 0.3 is 0 Å². The van der Waals surface area contributed by atoms with E-state index in [2.05, 4.69) is 54.8 Å². The van der Waals surface area contributed by atoms with Gasteiger partial charge in [0.05, 0.1) is 0 Å². The summed E-state index contributed by atoms with van der Waals surface area (Å²) >= 11 is 0. The fourth-order valence-corrected chi connectivity index (χ4v) is 4.16. The van der Waals surface area contributed by atoms with Crippen LogP contribution < -0.4 is 4.90 Å². The maximum absolute atomic E-state index is 12.7. The van der Waals surface area contributed by atoms with Crippen LogP contribution in [0.5, 0.6) is 0 Å². The zero-order valence-corrected chi connectivity index (χ0v) is 15.6. The largest absolute Gasteiger partial charge is 0.368 e. The van der Waals surface area contributed by atoms with Crippen molar-refractivity contribution in [2.75, 3.05) is 31.1 Å². The minimum absolute atomic E-state index is 0.144. The minimum atomic E-state index is 0.144. The van der Waals surface area contributed by atoms with Crippen LogP contribution in [0.15, 0.2) is 24.3 Å². The Bertz CT molecular complexity index is 561. The van der Waals surface area contributed by atoms with Gasteiger partial charge < -0.3 is 9.80 Å². The molecule has 0 N–H and O–H groups in total. The minimum Gasteiger partial charge on any atom is -0.368 e. The molecule has 3 nitrogen and oxygen atoms in total. The lowest BCUT2D eigenvalue weighted by Gasteiger charge is -2.40. The molecule has 3 heteroatoms. The number of benzene rings is 1. The summed E-state index contributed by atoms with van der Waals surface area (Å²) in [4.78, 5) is 17.3. The molecule has 0 aromatic heterocycles. The van der Waals surface area contributed by atoms with Gasteiger partial charge in [-0.05, 0) is 29.9 Å². The van der Waals surface area contributed by atoms with Crippen LogP contribution in [0.3, 0.4) is 0 Å². The molecule has 24 heavy (non-hydrogen) atoms. The van der Waals surface area contributed by atoms with Crippen molar-refractivity contribution in [3.8, 4) is 0 Å². The molecule has 132 valence electrons. The number of anilines is 1. The van der Waals surface area contributed by atoms with Crippen molar-refractivity contribution >= 4 is 11.6 Å². The Morgan fingerprint density at radius 1 is 0.958 bits per heavy atom. The average molecular weight is 329 g/mol. The summed E-state index contributed by atoms with van der Waals surface area (Å²) < 4.78 is 0. The Labute approximate surface area is 147 Å². The number of piperazine rings is 1. The van der Waals surface area contributed by atoms with Crippen molar-refractivity contribution in [2.24, 2.45) is 5.92 Å². The fourth-order valence-electron chi connectivity index (χ4n) is 4.16. The maximum atomic E-state index is 12.7. The van der Waals surface area contributed by atoms with Crippen molar-refractivity contribution in [2.45, 2.75) is 58.3 Å². The maximum Gasteiger partial charge on any atom is 0.225 e. The summed E-state index contributed by atoms with van der Waals surface area (Å²) in [6.45, 7) is 10.5. The van der Waals surface area contributed by atoms with Crippen LogP contribution >= 0.6 is 0 Å². The molecule has 1 aliphatic carbocycles. The number of carbonyl (C=O) groups is 1. The normalized spacial score (nSPS) is 20.3. The number of para-hydroxylation sites is 1. The van der Waals surface area contributed by atoms with E-state index in [9.17, 15) is 4.79 Å². The predicted octanol–water partition coefficient (Wildman–Crippen LogP) is 4.21. The third-order valence-corrected chi connectivity index (χ3v) is 5.60. The molecule has 0 radical (unpaired) electrons. The highest BCUT2D eigenvalue weighted by molar-refractivity contribution is 5.79. The monoisotopic (exact) mass is 328 g/mol. The Morgan fingerprint density at radius 2 is 1.58 bits per heavy atom. The van der Waals surface area contributed by atoms with Crippen LogP contribution in [0.25, 0.3) is 0 Å². The van der Waals surface area contributed by atoms with Gasteiger partial charge in [-0.2, -0.15) is 0 Å². The van der Waals surface area contributed by atoms with Crippen LogP contribution in [-0.2, 0) is 10.2 Å². The second-order valence-corrected chi connectivity index (χ2v) is 8.41. The van der Waals surface area contributed by atoms with E-state index in [1.807, 2.05) is 0 Å². The molecule has 1 saturated carbocycles. The van der Waals surface area contributed by atoms with Gasteiger partial charge in [0.25, 0.3) is 0 Å². The van der Waals surface area contributed by atoms with E-state index in [4.69, 9.17) is 0 Å². The van der Waals surface area contributed by atoms with Crippen LogP contribution in [-0.4, -0.2) is 37.0 Å². The third kappa shape index (κ3) is 3.76. The van der Waals surface area contributed by atoms with Gasteiger partial charge in [-0.1, -0.05) is 58.2 Å². The molecule has 0 spiro atoms. The van der Waals surface area contributed by atoms with Crippen molar-refractivity contribution in [3.63, 3.8) is 0 Å². The number of carbonyl (C=O) groups excluding carboxylic acids is 1. The molecule has 3 rings (SSSR count). The molecular weight excluding hydrogens is 296 g/mol. The molecule has 1 heterocycles. The van der Waals surface area contributed by atoms with Crippen LogP contribution in [0.2, 0.25) is 0 Å². The fraction of sp³-hybridized carbons (Fsp3) is 0.667. The van der Waals surface area contributed by atoms with Crippen molar-refractivity contribution in [1.29, 1.82) is 0 Å². The Hall–Kier alpha value is -1.51. The van der Waals surface area contributed by atoms with Crippen LogP contribution in [0.4, 0.5) is 5.69 Å². The molecular formula is C21H32N2O. The van der Waals surface area contributed by atoms with Gasteiger partial charge in [0.15, 0.2) is 0 Å². The van der Waals surface area contributed by atoms with E-state index >= 15 is 0 Å². The first-order chi connectivity index (χ1) is 11.5. The van der Waals surface area contributed by atoms with Crippen LogP contribution in [0, 0.1) is 5.92 Å². The Kier molecular flexibility index (Phi) is 5.17. The third-order valence-electron chi connectivity index (χ3n) is 5.60. The molecule has 1 amide bonds. The van der Waals surface area contributed by atoms with Crippen molar-refractivity contribution in [1.82, 2.24) is 4.90 Å². The number of amides is 1. The van der Waals surface area contributed by atoms with Gasteiger partial charge in [0.1, 0.15) is 0 Å². The Morgan fingerprint density at radius 3 is 2.21 bits per heavy atom. The quantitative estimate of drug-likeness (QED) is 0.812. The van der Waals surface area contributed by atoms with E-state index in [0.29, 0.717) is 11.8 Å². The van der Waals surface area contributed by atoms with E-state index in [1.54, 1.807) is 0 Å². The van der Waals surface area contributed by atoms with Gasteiger partial charge in [0, 0.05) is 37.8 Å². The molecule has 1 aromatic carbocycles. The topological polar surface area (TPSA) is 23.6 Å². The van der Waals surface area contributed by atoms with Crippen molar-refractivity contribution < 1.29 is 4.79 Å². The van der Waals surface area contributed by atoms with E-state index in [0.717, 1.165) is 39.0 Å². The number of nitrogens with zero attached hydrogens (tertiary/aromatic N) is 2. The van der Waals surface area contributed by atoms with Gasteiger partial charge in [-0.15, -0.1) is 0 Å². The first-order valence-electron chi connectivity index (χ1n) is 9.60. The highest BCUT2D eigenvalue weighted by atomic mass is 16.2. The van der Waals surface area contributed by atoms with E-state index in [1.165, 1.54) is 30.5 Å². The molecule has 1 aliphatic heterocycles. The second-order valence-electron chi connectivity index (χ2n) is 8.41. The molecule has 2 fully saturated rings. The van der Waals surface area contributed by atoms with Gasteiger partial charge in [-0.25, -0.2) is 0 Å². The number of hydrogen-bond donors (Lipinski definition) is 0. The lowest BCUT2D eigenvalue weighted by Crippen LogP contribution is -2.51. The van der Waals surface area contributed by atoms with E-state index < -0.39 is 0 Å². The van der Waals surface area contributed by atoms with Gasteiger partial charge in [0.2, 0.25) is 5.91 Å². The van der Waals surface area contributed by atoms with E-state index in [-0.39, 0.29) is 5.41 Å². The number of hydrogen-bond acceptors (Lipinski definition) is 2. The highest BCUT2D eigenvalue weighted by Crippen LogP contribution is 2.32. The van der Waals surface area contributed by atoms with Crippen LogP contribution in [0.1, 0.15) is 58.4 Å². The summed E-state index contributed by atoms with van der Waals surface area (Å²) in [6.07, 6.45) is 5.98. The number of rotatable bonds is 2. The summed E-state index contributed by atoms with van der Waals surface area (Å²) in [5.41, 5.74) is 2.89. The summed E-state index contributed by atoms with van der Waals surface area (Å²) in [5.74, 6) is 0.714. The lowest BCUT2D eigenvalue weighted by atomic mass is 9.85. The zero-order chi connectivity index (χ0) is 17.2. The molecule has 0 bridgehead atoms. The first-order valence-corrected chi connectivity index (χ1v) is 9.60.